The third kappa shape index (κ3) is 5.79. The number of aromatic nitrogens is 2. The van der Waals surface area contributed by atoms with Crippen LogP contribution in [-0.4, -0.2) is 54.6 Å². The summed E-state index contributed by atoms with van der Waals surface area (Å²) in [5.41, 5.74) is 1.38. The molecule has 1 heterocycles. The second kappa shape index (κ2) is 10.9. The standard InChI is InChI=1S/C25H29ClN6O3/c1-31(2)23-19-6-4-5-7-21(19)29-25(30-23)28-18-11-8-16(9-12-18)15-27-24(33)17-10-13-20(26)22(14-17)32(34)35-3/h4-7,10,13-14,16,18H,8-9,11-12,15H2,1-3H3,(H-,27,28,29,30,33)/p+1. The lowest BCUT2D eigenvalue weighted by atomic mass is 9.86. The number of anilines is 2. The van der Waals surface area contributed by atoms with Crippen molar-refractivity contribution in [3.05, 3.63) is 58.0 Å². The average Bonchev–Trinajstić information content (AvgIpc) is 2.87. The first-order chi connectivity index (χ1) is 16.9. The normalized spacial score (nSPS) is 17.6. The topological polar surface area (TPSA) is 99.5 Å². The lowest BCUT2D eigenvalue weighted by molar-refractivity contribution is -0.736. The molecule has 0 atom stereocenters. The van der Waals surface area contributed by atoms with Crippen LogP contribution in [-0.2, 0) is 4.84 Å². The average molecular weight is 498 g/mol. The summed E-state index contributed by atoms with van der Waals surface area (Å²) in [5.74, 6) is 1.68. The molecule has 1 aromatic heterocycles. The number of carbonyl (C=O) groups is 1. The Morgan fingerprint density at radius 3 is 2.60 bits per heavy atom. The molecule has 1 aliphatic carbocycles. The number of rotatable bonds is 8. The van der Waals surface area contributed by atoms with Gasteiger partial charge in [-0.3, -0.25) is 4.79 Å². The van der Waals surface area contributed by atoms with Crippen LogP contribution in [0.1, 0.15) is 36.0 Å². The van der Waals surface area contributed by atoms with Crippen LogP contribution in [0.5, 0.6) is 0 Å². The zero-order valence-corrected chi connectivity index (χ0v) is 20.9. The Bertz CT molecular complexity index is 1230. The summed E-state index contributed by atoms with van der Waals surface area (Å²) in [6, 6.07) is 12.8. The minimum Gasteiger partial charge on any atom is -0.362 e. The number of halogens is 1. The van der Waals surface area contributed by atoms with Crippen molar-refractivity contribution in [2.75, 3.05) is 38.0 Å². The van der Waals surface area contributed by atoms with E-state index in [1.807, 2.05) is 43.3 Å². The molecular formula is C25H30ClN6O3+. The molecule has 0 bridgehead atoms. The van der Waals surface area contributed by atoms with Gasteiger partial charge < -0.3 is 15.5 Å². The van der Waals surface area contributed by atoms with Crippen molar-refractivity contribution < 1.29 is 14.6 Å². The quantitative estimate of drug-likeness (QED) is 0.434. The number of nitrogens with one attached hydrogen (secondary N) is 2. The van der Waals surface area contributed by atoms with E-state index in [4.69, 9.17) is 21.6 Å². The predicted octanol–water partition coefficient (Wildman–Crippen LogP) is 4.72. The first kappa shape index (κ1) is 24.7. The molecule has 1 fully saturated rings. The van der Waals surface area contributed by atoms with Crippen LogP contribution in [0, 0.1) is 10.8 Å². The fourth-order valence-corrected chi connectivity index (χ4v) is 4.58. The van der Waals surface area contributed by atoms with Crippen LogP contribution in [0.2, 0.25) is 5.02 Å². The van der Waals surface area contributed by atoms with E-state index in [1.54, 1.807) is 6.07 Å². The highest BCUT2D eigenvalue weighted by Crippen LogP contribution is 2.29. The zero-order chi connectivity index (χ0) is 24.9. The Kier molecular flexibility index (Phi) is 7.65. The van der Waals surface area contributed by atoms with Gasteiger partial charge in [0, 0.05) is 43.7 Å². The second-order valence-electron chi connectivity index (χ2n) is 8.96. The summed E-state index contributed by atoms with van der Waals surface area (Å²) in [5, 5.41) is 7.74. The highest BCUT2D eigenvalue weighted by Gasteiger charge is 2.25. The Balaban J connectivity index is 1.31. The number of nitrogens with zero attached hydrogens (tertiary/aromatic N) is 4. The van der Waals surface area contributed by atoms with Gasteiger partial charge in [-0.25, -0.2) is 9.82 Å². The molecule has 0 saturated heterocycles. The van der Waals surface area contributed by atoms with Crippen LogP contribution in [0.25, 0.3) is 10.9 Å². The lowest BCUT2D eigenvalue weighted by Gasteiger charge is -2.29. The van der Waals surface area contributed by atoms with E-state index in [-0.39, 0.29) is 27.6 Å². The summed E-state index contributed by atoms with van der Waals surface area (Å²) in [7, 11) is 5.21. The summed E-state index contributed by atoms with van der Waals surface area (Å²) in [6.45, 7) is 0.576. The third-order valence-electron chi connectivity index (χ3n) is 6.31. The molecule has 0 aliphatic heterocycles. The fraction of sp³-hybridized carbons (Fsp3) is 0.400. The van der Waals surface area contributed by atoms with Crippen molar-refractivity contribution in [2.45, 2.75) is 31.7 Å². The molecule has 3 aromatic rings. The molecule has 1 aliphatic rings. The SMILES string of the molecule is CO[N+](=O)c1cc(C(=O)NCC2CCC(Nc3nc(N(C)C)c4ccccc4n3)CC2)ccc1Cl. The number of hydrogen-bond donors (Lipinski definition) is 2. The van der Waals surface area contributed by atoms with Gasteiger partial charge in [-0.15, -0.1) is 0 Å². The van der Waals surface area contributed by atoms with Gasteiger partial charge in [0.1, 0.15) is 10.8 Å². The number of para-hydroxylation sites is 1. The Labute approximate surface area is 209 Å². The van der Waals surface area contributed by atoms with Crippen molar-refractivity contribution in [3.63, 3.8) is 0 Å². The van der Waals surface area contributed by atoms with Gasteiger partial charge in [0.15, 0.2) is 7.11 Å². The molecule has 35 heavy (non-hydrogen) atoms. The molecule has 2 aromatic carbocycles. The monoisotopic (exact) mass is 497 g/mol. The van der Waals surface area contributed by atoms with E-state index in [1.165, 1.54) is 19.2 Å². The van der Waals surface area contributed by atoms with Crippen molar-refractivity contribution >= 4 is 45.9 Å². The second-order valence-corrected chi connectivity index (χ2v) is 9.37. The number of carbonyl (C=O) groups excluding carboxylic acids is 1. The molecule has 184 valence electrons. The van der Waals surface area contributed by atoms with E-state index in [0.29, 0.717) is 24.0 Å². The molecular weight excluding hydrogens is 468 g/mol. The van der Waals surface area contributed by atoms with Crippen LogP contribution in [0.4, 0.5) is 17.5 Å². The van der Waals surface area contributed by atoms with Gasteiger partial charge in [0.05, 0.1) is 10.4 Å². The smallest absolute Gasteiger partial charge is 0.335 e. The highest BCUT2D eigenvalue weighted by molar-refractivity contribution is 6.32. The maximum absolute atomic E-state index is 12.6. The minimum atomic E-state index is -0.242. The third-order valence-corrected chi connectivity index (χ3v) is 6.63. The molecule has 0 unspecified atom stereocenters. The van der Waals surface area contributed by atoms with Crippen molar-refractivity contribution in [1.82, 2.24) is 15.3 Å². The van der Waals surface area contributed by atoms with E-state index in [0.717, 1.165) is 42.4 Å². The molecule has 4 rings (SSSR count). The molecule has 1 amide bonds. The van der Waals surface area contributed by atoms with E-state index in [2.05, 4.69) is 15.5 Å². The maximum atomic E-state index is 12.6. The fourth-order valence-electron chi connectivity index (χ4n) is 4.39. The van der Waals surface area contributed by atoms with Gasteiger partial charge >= 0.3 is 5.69 Å². The van der Waals surface area contributed by atoms with Gasteiger partial charge in [0.25, 0.3) is 10.8 Å². The first-order valence-corrected chi connectivity index (χ1v) is 12.0. The van der Waals surface area contributed by atoms with Crippen LogP contribution >= 0.6 is 11.6 Å². The molecule has 9 nitrogen and oxygen atoms in total. The largest absolute Gasteiger partial charge is 0.362 e. The zero-order valence-electron chi connectivity index (χ0n) is 20.1. The Hall–Kier alpha value is -3.46. The van der Waals surface area contributed by atoms with Crippen molar-refractivity contribution in [3.8, 4) is 0 Å². The summed E-state index contributed by atoms with van der Waals surface area (Å²) < 4.78 is 0. The van der Waals surface area contributed by atoms with Crippen LogP contribution < -0.4 is 15.5 Å². The molecule has 0 spiro atoms. The molecule has 10 heteroatoms. The number of fused-ring (bicyclic) bond motifs is 1. The molecule has 0 radical (unpaired) electrons. The maximum Gasteiger partial charge on any atom is 0.335 e. The number of hydrogen-bond acceptors (Lipinski definition) is 7. The first-order valence-electron chi connectivity index (χ1n) is 11.7. The number of amides is 1. The van der Waals surface area contributed by atoms with Gasteiger partial charge in [-0.05, 0) is 55.9 Å². The highest BCUT2D eigenvalue weighted by atomic mass is 35.5. The van der Waals surface area contributed by atoms with Crippen molar-refractivity contribution in [1.29, 1.82) is 0 Å². The van der Waals surface area contributed by atoms with Crippen LogP contribution in [0.3, 0.4) is 0 Å². The predicted molar refractivity (Wildman–Crippen MR) is 137 cm³/mol. The van der Waals surface area contributed by atoms with Gasteiger partial charge in [0.2, 0.25) is 5.95 Å². The summed E-state index contributed by atoms with van der Waals surface area (Å²) in [4.78, 5) is 40.7. The van der Waals surface area contributed by atoms with E-state index >= 15 is 0 Å². The Morgan fingerprint density at radius 1 is 1.14 bits per heavy atom. The summed E-state index contributed by atoms with van der Waals surface area (Å²) >= 11 is 6.03. The van der Waals surface area contributed by atoms with E-state index < -0.39 is 0 Å². The number of benzene rings is 2. The molecule has 2 N–H and O–H groups in total. The van der Waals surface area contributed by atoms with Crippen molar-refractivity contribution in [2.24, 2.45) is 5.92 Å². The van der Waals surface area contributed by atoms with Crippen LogP contribution in [0.15, 0.2) is 42.5 Å². The van der Waals surface area contributed by atoms with Gasteiger partial charge in [-0.2, -0.15) is 4.98 Å². The summed E-state index contributed by atoms with van der Waals surface area (Å²) in [6.07, 6.45) is 3.90. The lowest BCUT2D eigenvalue weighted by Crippen LogP contribution is -2.34. The molecule has 1 saturated carbocycles. The van der Waals surface area contributed by atoms with Gasteiger partial charge in [-0.1, -0.05) is 23.7 Å². The minimum absolute atomic E-state index is 0.0988. The Morgan fingerprint density at radius 2 is 1.89 bits per heavy atom. The van der Waals surface area contributed by atoms with E-state index in [9.17, 15) is 9.70 Å².